The lowest BCUT2D eigenvalue weighted by Gasteiger charge is -1.89. The van der Waals surface area contributed by atoms with E-state index in [1.807, 2.05) is 0 Å². The zero-order chi connectivity index (χ0) is 6.85. The van der Waals surface area contributed by atoms with Crippen molar-refractivity contribution in [2.75, 3.05) is 0 Å². The van der Waals surface area contributed by atoms with E-state index in [1.165, 1.54) is 0 Å². The first-order valence-electron chi connectivity index (χ1n) is 2.60. The third-order valence-corrected chi connectivity index (χ3v) is 0.977. The van der Waals surface area contributed by atoms with E-state index in [4.69, 9.17) is 0 Å². The molecule has 1 heterocycles. The molecule has 48 valence electrons. The number of hydrogen-bond donors (Lipinski definition) is 1. The summed E-state index contributed by atoms with van der Waals surface area (Å²) in [6.45, 7) is 3.37. The minimum absolute atomic E-state index is 0.222. The number of H-pyrrole nitrogens is 1. The topological polar surface area (TPSA) is 58.6 Å². The van der Waals surface area contributed by atoms with Gasteiger partial charge in [0.15, 0.2) is 0 Å². The van der Waals surface area contributed by atoms with Gasteiger partial charge < -0.3 is 0 Å². The van der Waals surface area contributed by atoms with Gasteiger partial charge in [-0.15, -0.1) is 0 Å². The van der Waals surface area contributed by atoms with Gasteiger partial charge in [0.2, 0.25) is 0 Å². The van der Waals surface area contributed by atoms with Gasteiger partial charge >= 0.3 is 0 Å². The first kappa shape index (κ1) is 5.94. The number of aryl methyl sites for hydroxylation is 2. The van der Waals surface area contributed by atoms with E-state index < -0.39 is 0 Å². The van der Waals surface area contributed by atoms with Crippen LogP contribution < -0.4 is 5.56 Å². The Balaban J connectivity index is 3.34. The van der Waals surface area contributed by atoms with Crippen LogP contribution >= 0.6 is 0 Å². The quantitative estimate of drug-likeness (QED) is 0.521. The fourth-order valence-electron chi connectivity index (χ4n) is 0.531. The van der Waals surface area contributed by atoms with E-state index in [9.17, 15) is 4.79 Å². The Morgan fingerprint density at radius 1 is 1.44 bits per heavy atom. The van der Waals surface area contributed by atoms with Crippen LogP contribution in [0.5, 0.6) is 0 Å². The molecule has 0 aromatic carbocycles. The molecule has 1 rings (SSSR count). The Morgan fingerprint density at radius 2 is 2.11 bits per heavy atom. The SMILES string of the molecule is Cc1n[nH]c(=O)c(C)n1. The molecule has 0 saturated heterocycles. The molecule has 0 aliphatic carbocycles. The van der Waals surface area contributed by atoms with Crippen LogP contribution in [-0.2, 0) is 0 Å². The molecule has 0 fully saturated rings. The minimum Gasteiger partial charge on any atom is -0.266 e. The second kappa shape index (κ2) is 1.97. The molecule has 0 saturated carbocycles. The maximum Gasteiger partial charge on any atom is 0.285 e. The molecule has 1 N–H and O–H groups in total. The van der Waals surface area contributed by atoms with E-state index in [1.54, 1.807) is 13.8 Å². The number of hydrogen-bond acceptors (Lipinski definition) is 3. The summed E-state index contributed by atoms with van der Waals surface area (Å²) in [6, 6.07) is 0. The molecule has 1 aromatic heterocycles. The Labute approximate surface area is 52.0 Å². The molecule has 0 bridgehead atoms. The van der Waals surface area contributed by atoms with E-state index in [-0.39, 0.29) is 5.56 Å². The van der Waals surface area contributed by atoms with E-state index in [0.717, 1.165) is 0 Å². The van der Waals surface area contributed by atoms with E-state index in [2.05, 4.69) is 15.2 Å². The molecule has 0 radical (unpaired) electrons. The van der Waals surface area contributed by atoms with Crippen LogP contribution in [0.3, 0.4) is 0 Å². The summed E-state index contributed by atoms with van der Waals surface area (Å²) in [4.78, 5) is 14.4. The standard InChI is InChI=1S/C5H7N3O/c1-3-5(9)8-7-4(2)6-3/h1-2H3,(H,8,9). The van der Waals surface area contributed by atoms with Crippen LogP contribution in [0, 0.1) is 13.8 Å². The molecule has 1 aromatic rings. The molecule has 0 aliphatic rings. The molecular formula is C5H7N3O. The highest BCUT2D eigenvalue weighted by Gasteiger charge is 1.92. The summed E-state index contributed by atoms with van der Waals surface area (Å²) in [5.41, 5.74) is 0.239. The van der Waals surface area contributed by atoms with Gasteiger partial charge in [-0.3, -0.25) is 4.79 Å². The van der Waals surface area contributed by atoms with Gasteiger partial charge in [-0.05, 0) is 13.8 Å². The van der Waals surface area contributed by atoms with E-state index in [0.29, 0.717) is 11.5 Å². The summed E-state index contributed by atoms with van der Waals surface area (Å²) in [5, 5.41) is 5.89. The molecule has 0 atom stereocenters. The maximum atomic E-state index is 10.6. The lowest BCUT2D eigenvalue weighted by atomic mass is 10.5. The number of rotatable bonds is 0. The Morgan fingerprint density at radius 3 is 2.56 bits per heavy atom. The van der Waals surface area contributed by atoms with Gasteiger partial charge in [-0.2, -0.15) is 5.10 Å². The van der Waals surface area contributed by atoms with Crippen molar-refractivity contribution in [3.05, 3.63) is 21.9 Å². The maximum absolute atomic E-state index is 10.6. The minimum atomic E-state index is -0.222. The van der Waals surface area contributed by atoms with Crippen molar-refractivity contribution in [1.82, 2.24) is 15.2 Å². The Bertz CT molecular complexity index is 265. The van der Waals surface area contributed by atoms with Crippen LogP contribution in [0.25, 0.3) is 0 Å². The van der Waals surface area contributed by atoms with Crippen molar-refractivity contribution in [2.45, 2.75) is 13.8 Å². The largest absolute Gasteiger partial charge is 0.285 e. The number of nitrogens with one attached hydrogen (secondary N) is 1. The van der Waals surface area contributed by atoms with E-state index >= 15 is 0 Å². The zero-order valence-electron chi connectivity index (χ0n) is 5.30. The Hall–Kier alpha value is -1.19. The fourth-order valence-corrected chi connectivity index (χ4v) is 0.531. The molecule has 0 spiro atoms. The fraction of sp³-hybridized carbons (Fsp3) is 0.400. The van der Waals surface area contributed by atoms with Crippen LogP contribution in [0.15, 0.2) is 4.79 Å². The molecule has 0 amide bonds. The zero-order valence-corrected chi connectivity index (χ0v) is 5.30. The number of nitrogens with zero attached hydrogens (tertiary/aromatic N) is 2. The number of aromatic amines is 1. The van der Waals surface area contributed by atoms with Crippen molar-refractivity contribution in [1.29, 1.82) is 0 Å². The molecule has 0 aliphatic heterocycles. The summed E-state index contributed by atoms with van der Waals surface area (Å²) >= 11 is 0. The summed E-state index contributed by atoms with van der Waals surface area (Å²) < 4.78 is 0. The van der Waals surface area contributed by atoms with Crippen molar-refractivity contribution >= 4 is 0 Å². The number of aromatic nitrogens is 3. The van der Waals surface area contributed by atoms with Crippen LogP contribution in [-0.4, -0.2) is 15.2 Å². The van der Waals surface area contributed by atoms with Crippen molar-refractivity contribution in [3.63, 3.8) is 0 Å². The average molecular weight is 125 g/mol. The summed E-state index contributed by atoms with van der Waals surface area (Å²) in [5.74, 6) is 0.590. The highest BCUT2D eigenvalue weighted by atomic mass is 16.1. The lowest BCUT2D eigenvalue weighted by molar-refractivity contribution is 0.850. The molecule has 9 heavy (non-hydrogen) atoms. The highest BCUT2D eigenvalue weighted by molar-refractivity contribution is 4.91. The predicted octanol–water partition coefficient (Wildman–Crippen LogP) is -0.218. The van der Waals surface area contributed by atoms with Gasteiger partial charge in [0, 0.05) is 0 Å². The molecule has 4 heteroatoms. The summed E-state index contributed by atoms with van der Waals surface area (Å²) in [6.07, 6.45) is 0. The molecule has 0 unspecified atom stereocenters. The second-order valence-corrected chi connectivity index (χ2v) is 1.80. The first-order valence-corrected chi connectivity index (χ1v) is 2.60. The average Bonchev–Trinajstić information content (AvgIpc) is 1.80. The van der Waals surface area contributed by atoms with Crippen LogP contribution in [0.1, 0.15) is 11.5 Å². The van der Waals surface area contributed by atoms with Gasteiger partial charge in [0.25, 0.3) is 5.56 Å². The third-order valence-electron chi connectivity index (χ3n) is 0.977. The van der Waals surface area contributed by atoms with Crippen molar-refractivity contribution < 1.29 is 0 Å². The van der Waals surface area contributed by atoms with Crippen molar-refractivity contribution in [3.8, 4) is 0 Å². The first-order chi connectivity index (χ1) is 4.20. The van der Waals surface area contributed by atoms with Gasteiger partial charge in [0.05, 0.1) is 0 Å². The van der Waals surface area contributed by atoms with Crippen molar-refractivity contribution in [2.24, 2.45) is 0 Å². The van der Waals surface area contributed by atoms with Gasteiger partial charge in [-0.1, -0.05) is 0 Å². The monoisotopic (exact) mass is 125 g/mol. The van der Waals surface area contributed by atoms with Gasteiger partial charge in [-0.25, -0.2) is 10.1 Å². The second-order valence-electron chi connectivity index (χ2n) is 1.80. The van der Waals surface area contributed by atoms with Crippen LogP contribution in [0.2, 0.25) is 0 Å². The van der Waals surface area contributed by atoms with Gasteiger partial charge in [0.1, 0.15) is 11.5 Å². The smallest absolute Gasteiger partial charge is 0.266 e. The predicted molar refractivity (Wildman–Crippen MR) is 32.1 cm³/mol. The molecular weight excluding hydrogens is 118 g/mol. The highest BCUT2D eigenvalue weighted by Crippen LogP contribution is 1.79. The lowest BCUT2D eigenvalue weighted by Crippen LogP contribution is -2.14. The third kappa shape index (κ3) is 1.13. The normalized spacial score (nSPS) is 9.56. The Kier molecular flexibility index (Phi) is 1.30. The summed E-state index contributed by atoms with van der Waals surface area (Å²) in [7, 11) is 0. The molecule has 4 nitrogen and oxygen atoms in total. The van der Waals surface area contributed by atoms with Crippen LogP contribution in [0.4, 0.5) is 0 Å².